The van der Waals surface area contributed by atoms with E-state index in [4.69, 9.17) is 0 Å². The molecule has 198 valence electrons. The second-order valence-electron chi connectivity index (χ2n) is 9.48. The van der Waals surface area contributed by atoms with E-state index in [1.54, 1.807) is 21.3 Å². The van der Waals surface area contributed by atoms with Gasteiger partial charge in [0, 0.05) is 36.7 Å². The summed E-state index contributed by atoms with van der Waals surface area (Å²) >= 11 is 0. The average molecular weight is 539 g/mol. The average Bonchev–Trinajstić information content (AvgIpc) is 3.20. The van der Waals surface area contributed by atoms with Crippen LogP contribution in [-0.2, 0) is 6.54 Å². The van der Waals surface area contributed by atoms with Crippen molar-refractivity contribution in [3.05, 3.63) is 104 Å². The molecule has 0 amide bonds. The Morgan fingerprint density at radius 1 is 1.03 bits per heavy atom. The fraction of sp³-hybridized carbons (Fsp3) is 0.286. The van der Waals surface area contributed by atoms with Crippen molar-refractivity contribution in [1.82, 2.24) is 14.0 Å². The first kappa shape index (κ1) is 27.2. The third-order valence-corrected chi connectivity index (χ3v) is 7.18. The van der Waals surface area contributed by atoms with E-state index in [9.17, 15) is 24.1 Å². The lowest BCUT2D eigenvalue weighted by Crippen LogP contribution is -2.39. The minimum Gasteiger partial charge on any atom is -0.302 e. The number of Topliss-reactive ketones (excluding diaryl/α,β-unsaturated/α-hetero) is 1. The number of nitro benzene ring substituents is 1. The molecule has 4 aromatic rings. The number of imidazole rings is 1. The zero-order chi connectivity index (χ0) is 26.1. The monoisotopic (exact) mass is 538 g/mol. The van der Waals surface area contributed by atoms with Gasteiger partial charge >= 0.3 is 5.69 Å². The van der Waals surface area contributed by atoms with E-state index in [2.05, 4.69) is 4.90 Å². The molecule has 38 heavy (non-hydrogen) atoms. The predicted molar refractivity (Wildman–Crippen MR) is 146 cm³/mol. The highest BCUT2D eigenvalue weighted by atomic mass is 35.5. The summed E-state index contributed by atoms with van der Waals surface area (Å²) in [4.78, 5) is 39.5. The van der Waals surface area contributed by atoms with Crippen molar-refractivity contribution in [3.8, 4) is 5.69 Å². The fourth-order valence-electron chi connectivity index (χ4n) is 5.18. The fourth-order valence-corrected chi connectivity index (χ4v) is 5.18. The van der Waals surface area contributed by atoms with Crippen LogP contribution in [0.1, 0.15) is 28.8 Å². The number of aromatic nitrogens is 2. The van der Waals surface area contributed by atoms with Crippen LogP contribution in [0.3, 0.4) is 0 Å². The Labute approximate surface area is 224 Å². The number of nitro groups is 1. The summed E-state index contributed by atoms with van der Waals surface area (Å²) in [5, 5.41) is 11.3. The molecule has 0 radical (unpaired) electrons. The lowest BCUT2D eigenvalue weighted by Gasteiger charge is -2.31. The molecule has 10 heteroatoms. The molecule has 3 aromatic carbocycles. The first-order chi connectivity index (χ1) is 17.8. The molecule has 0 saturated carbocycles. The van der Waals surface area contributed by atoms with E-state index in [1.165, 1.54) is 36.4 Å². The molecule has 1 saturated heterocycles. The van der Waals surface area contributed by atoms with Crippen LogP contribution >= 0.6 is 12.4 Å². The largest absolute Gasteiger partial charge is 0.333 e. The van der Waals surface area contributed by atoms with E-state index in [1.807, 2.05) is 25.1 Å². The van der Waals surface area contributed by atoms with Crippen LogP contribution in [0.5, 0.6) is 0 Å². The van der Waals surface area contributed by atoms with E-state index < -0.39 is 4.92 Å². The molecule has 0 N–H and O–H groups in total. The molecule has 8 nitrogen and oxygen atoms in total. The van der Waals surface area contributed by atoms with Crippen LogP contribution < -0.4 is 5.69 Å². The number of piperidine rings is 1. The Balaban J connectivity index is 0.00000336. The number of halogens is 2. The van der Waals surface area contributed by atoms with Crippen molar-refractivity contribution in [2.24, 2.45) is 5.92 Å². The Kier molecular flexibility index (Phi) is 8.08. The van der Waals surface area contributed by atoms with Crippen LogP contribution in [0, 0.1) is 28.8 Å². The van der Waals surface area contributed by atoms with Crippen molar-refractivity contribution >= 4 is 34.9 Å². The summed E-state index contributed by atoms with van der Waals surface area (Å²) < 4.78 is 16.5. The molecule has 0 spiro atoms. The molecule has 2 heterocycles. The van der Waals surface area contributed by atoms with E-state index in [0.29, 0.717) is 37.2 Å². The molecule has 1 aliphatic heterocycles. The van der Waals surface area contributed by atoms with Gasteiger partial charge in [0.2, 0.25) is 0 Å². The zero-order valence-corrected chi connectivity index (χ0v) is 21.7. The molecular formula is C28H28ClFN4O4. The Hall–Kier alpha value is -3.82. The van der Waals surface area contributed by atoms with Crippen LogP contribution in [0.2, 0.25) is 0 Å². The summed E-state index contributed by atoms with van der Waals surface area (Å²) in [6.45, 7) is 4.48. The number of benzene rings is 3. The number of ketones is 1. The number of carbonyl (C=O) groups is 1. The van der Waals surface area contributed by atoms with Gasteiger partial charge in [0.25, 0.3) is 5.69 Å². The van der Waals surface area contributed by atoms with Gasteiger partial charge in [-0.1, -0.05) is 18.2 Å². The standard InChI is InChI=1S/C28H27FN4O4.ClH/c1-19-4-2-7-25-26(19)32(23-5-3-6-24(18-23)33(36)37)28(35)31(25)17-16-30-14-12-21(13-15-30)27(34)20-8-10-22(29)11-9-20;/h2-11,18,21H,12-17H2,1H3;1H. The first-order valence-corrected chi connectivity index (χ1v) is 12.3. The van der Waals surface area contributed by atoms with Gasteiger partial charge in [0.15, 0.2) is 5.78 Å². The van der Waals surface area contributed by atoms with E-state index >= 15 is 0 Å². The molecule has 0 unspecified atom stereocenters. The van der Waals surface area contributed by atoms with Crippen molar-refractivity contribution in [3.63, 3.8) is 0 Å². The van der Waals surface area contributed by atoms with Gasteiger partial charge < -0.3 is 4.90 Å². The molecular weight excluding hydrogens is 511 g/mol. The van der Waals surface area contributed by atoms with Crippen LogP contribution in [0.15, 0.2) is 71.5 Å². The number of non-ortho nitro benzene ring substituents is 1. The van der Waals surface area contributed by atoms with E-state index in [-0.39, 0.29) is 41.3 Å². The van der Waals surface area contributed by atoms with Crippen LogP contribution in [0.4, 0.5) is 10.1 Å². The maximum absolute atomic E-state index is 13.6. The molecule has 1 aromatic heterocycles. The zero-order valence-electron chi connectivity index (χ0n) is 20.9. The maximum Gasteiger partial charge on any atom is 0.333 e. The number of hydrogen-bond donors (Lipinski definition) is 0. The highest BCUT2D eigenvalue weighted by Crippen LogP contribution is 2.25. The Morgan fingerprint density at radius 2 is 1.71 bits per heavy atom. The quantitative estimate of drug-likeness (QED) is 0.184. The topological polar surface area (TPSA) is 90.4 Å². The highest BCUT2D eigenvalue weighted by Gasteiger charge is 2.26. The van der Waals surface area contributed by atoms with Gasteiger partial charge in [-0.3, -0.25) is 24.0 Å². The number of carbonyl (C=O) groups excluding carboxylic acids is 1. The third-order valence-electron chi connectivity index (χ3n) is 7.18. The molecule has 0 bridgehead atoms. The summed E-state index contributed by atoms with van der Waals surface area (Å²) in [6, 6.07) is 17.5. The SMILES string of the molecule is Cc1cccc2c1n(-c1cccc([N+](=O)[O-])c1)c(=O)n2CCN1CCC(C(=O)c2ccc(F)cc2)CC1.Cl. The second-order valence-corrected chi connectivity index (χ2v) is 9.48. The Morgan fingerprint density at radius 3 is 2.39 bits per heavy atom. The molecule has 1 aliphatic rings. The minimum absolute atomic E-state index is 0. The summed E-state index contributed by atoms with van der Waals surface area (Å²) in [5.41, 5.74) is 3.09. The van der Waals surface area contributed by atoms with Crippen molar-refractivity contribution < 1.29 is 14.1 Å². The highest BCUT2D eigenvalue weighted by molar-refractivity contribution is 5.97. The third kappa shape index (κ3) is 5.25. The van der Waals surface area contributed by atoms with Crippen LogP contribution in [0.25, 0.3) is 16.7 Å². The summed E-state index contributed by atoms with van der Waals surface area (Å²) in [7, 11) is 0. The molecule has 0 atom stereocenters. The molecule has 1 fully saturated rings. The van der Waals surface area contributed by atoms with Crippen molar-refractivity contribution in [2.75, 3.05) is 19.6 Å². The van der Waals surface area contributed by atoms with Gasteiger partial charge in [-0.15, -0.1) is 12.4 Å². The lowest BCUT2D eigenvalue weighted by molar-refractivity contribution is -0.384. The number of rotatable bonds is 7. The van der Waals surface area contributed by atoms with Gasteiger partial charge in [0.05, 0.1) is 21.6 Å². The Bertz CT molecular complexity index is 1540. The van der Waals surface area contributed by atoms with Gasteiger partial charge in [0.1, 0.15) is 5.82 Å². The van der Waals surface area contributed by atoms with Crippen LogP contribution in [-0.4, -0.2) is 44.4 Å². The number of hydrogen-bond acceptors (Lipinski definition) is 5. The number of fused-ring (bicyclic) bond motifs is 1. The summed E-state index contributed by atoms with van der Waals surface area (Å²) in [5.74, 6) is -0.405. The second kappa shape index (κ2) is 11.3. The number of nitrogens with zero attached hydrogens (tertiary/aromatic N) is 4. The predicted octanol–water partition coefficient (Wildman–Crippen LogP) is 5.16. The van der Waals surface area contributed by atoms with Gasteiger partial charge in [-0.25, -0.2) is 9.18 Å². The van der Waals surface area contributed by atoms with Gasteiger partial charge in [-0.2, -0.15) is 0 Å². The maximum atomic E-state index is 13.6. The molecule has 0 aliphatic carbocycles. The van der Waals surface area contributed by atoms with E-state index in [0.717, 1.165) is 29.7 Å². The smallest absolute Gasteiger partial charge is 0.302 e. The normalized spacial score (nSPS) is 14.4. The van der Waals surface area contributed by atoms with Crippen molar-refractivity contribution in [2.45, 2.75) is 26.3 Å². The minimum atomic E-state index is -0.467. The summed E-state index contributed by atoms with van der Waals surface area (Å²) in [6.07, 6.45) is 1.42. The lowest BCUT2D eigenvalue weighted by atomic mass is 9.89. The molecule has 5 rings (SSSR count). The number of para-hydroxylation sites is 1. The number of aryl methyl sites for hydroxylation is 1. The van der Waals surface area contributed by atoms with Crippen molar-refractivity contribution in [1.29, 1.82) is 0 Å². The first-order valence-electron chi connectivity index (χ1n) is 12.3. The van der Waals surface area contributed by atoms with Gasteiger partial charge in [-0.05, 0) is 74.8 Å². The number of likely N-dealkylation sites (tertiary alicyclic amines) is 1.